The lowest BCUT2D eigenvalue weighted by molar-refractivity contribution is -0.123. The molecule has 0 aliphatic heterocycles. The molecule has 0 spiro atoms. The number of hydrazine groups is 1. The lowest BCUT2D eigenvalue weighted by atomic mass is 10.0. The van der Waals surface area contributed by atoms with Crippen LogP contribution in [0.5, 0.6) is 5.75 Å². The van der Waals surface area contributed by atoms with E-state index in [0.29, 0.717) is 22.6 Å². The predicted octanol–water partition coefficient (Wildman–Crippen LogP) is 3.75. The average molecular weight is 537 g/mol. The zero-order chi connectivity index (χ0) is 28.3. The van der Waals surface area contributed by atoms with Gasteiger partial charge in [-0.05, 0) is 54.1 Å². The molecule has 0 saturated carbocycles. The van der Waals surface area contributed by atoms with Gasteiger partial charge in [-0.1, -0.05) is 60.7 Å². The maximum Gasteiger partial charge on any atom is 0.269 e. The average Bonchev–Trinajstić information content (AvgIpc) is 3.00. The van der Waals surface area contributed by atoms with Crippen molar-refractivity contribution < 1.29 is 23.9 Å². The van der Waals surface area contributed by atoms with Crippen LogP contribution in [0.25, 0.3) is 0 Å². The summed E-state index contributed by atoms with van der Waals surface area (Å²) in [6, 6.07) is 29.6. The van der Waals surface area contributed by atoms with Gasteiger partial charge in [-0.25, -0.2) is 0 Å². The lowest BCUT2D eigenvalue weighted by Gasteiger charge is -2.20. The van der Waals surface area contributed by atoms with Crippen LogP contribution in [0.15, 0.2) is 109 Å². The number of amides is 4. The molecule has 4 aromatic rings. The molecule has 0 bridgehead atoms. The molecule has 1 atom stereocenters. The first-order valence-corrected chi connectivity index (χ1v) is 12.5. The highest BCUT2D eigenvalue weighted by Crippen LogP contribution is 2.17. The molecule has 0 unspecified atom stereocenters. The minimum Gasteiger partial charge on any atom is -0.497 e. The summed E-state index contributed by atoms with van der Waals surface area (Å²) >= 11 is 0. The molecule has 9 heteroatoms. The third-order valence-corrected chi connectivity index (χ3v) is 6.01. The van der Waals surface area contributed by atoms with Crippen molar-refractivity contribution in [2.24, 2.45) is 0 Å². The number of carbonyl (C=O) groups is 4. The summed E-state index contributed by atoms with van der Waals surface area (Å²) in [5, 5.41) is 5.50. The number of hydrogen-bond donors (Lipinski definition) is 4. The summed E-state index contributed by atoms with van der Waals surface area (Å²) in [5.41, 5.74) is 6.81. The van der Waals surface area contributed by atoms with Gasteiger partial charge in [0, 0.05) is 17.5 Å². The molecule has 0 aliphatic carbocycles. The minimum absolute atomic E-state index is 0.162. The predicted molar refractivity (Wildman–Crippen MR) is 151 cm³/mol. The van der Waals surface area contributed by atoms with E-state index in [4.69, 9.17) is 4.74 Å². The van der Waals surface area contributed by atoms with Crippen molar-refractivity contribution in [2.45, 2.75) is 12.5 Å². The Morgan fingerprint density at radius 1 is 0.650 bits per heavy atom. The Labute approximate surface area is 231 Å². The fourth-order valence-corrected chi connectivity index (χ4v) is 3.89. The molecule has 4 amide bonds. The summed E-state index contributed by atoms with van der Waals surface area (Å²) in [6.07, 6.45) is 0.162. The van der Waals surface area contributed by atoms with Gasteiger partial charge in [0.05, 0.1) is 18.4 Å². The monoisotopic (exact) mass is 536 g/mol. The lowest BCUT2D eigenvalue weighted by Crippen LogP contribution is -2.53. The molecule has 202 valence electrons. The highest BCUT2D eigenvalue weighted by Gasteiger charge is 2.24. The van der Waals surface area contributed by atoms with Crippen LogP contribution in [-0.4, -0.2) is 36.8 Å². The van der Waals surface area contributed by atoms with Crippen molar-refractivity contribution in [3.05, 3.63) is 131 Å². The third kappa shape index (κ3) is 7.32. The topological polar surface area (TPSA) is 126 Å². The van der Waals surface area contributed by atoms with Crippen LogP contribution >= 0.6 is 0 Å². The zero-order valence-corrected chi connectivity index (χ0v) is 21.7. The number of methoxy groups -OCH3 is 1. The number of carbonyl (C=O) groups excluding carboxylic acids is 4. The molecule has 0 aliphatic rings. The first-order chi connectivity index (χ1) is 19.4. The van der Waals surface area contributed by atoms with Crippen molar-refractivity contribution in [3.8, 4) is 5.75 Å². The Hall–Kier alpha value is -5.44. The quantitative estimate of drug-likeness (QED) is 0.243. The van der Waals surface area contributed by atoms with E-state index in [1.165, 1.54) is 7.11 Å². The summed E-state index contributed by atoms with van der Waals surface area (Å²) in [6.45, 7) is 0. The van der Waals surface area contributed by atoms with Crippen molar-refractivity contribution >= 4 is 29.3 Å². The van der Waals surface area contributed by atoms with E-state index in [1.807, 2.05) is 30.3 Å². The molecule has 40 heavy (non-hydrogen) atoms. The third-order valence-electron chi connectivity index (χ3n) is 6.01. The van der Waals surface area contributed by atoms with Crippen LogP contribution in [0.4, 0.5) is 5.69 Å². The van der Waals surface area contributed by atoms with Gasteiger partial charge < -0.3 is 15.4 Å². The maximum atomic E-state index is 13.4. The molecule has 0 saturated heterocycles. The number of nitrogens with one attached hydrogen (secondary N) is 4. The Morgan fingerprint density at radius 3 is 1.93 bits per heavy atom. The molecule has 4 aromatic carbocycles. The summed E-state index contributed by atoms with van der Waals surface area (Å²) in [7, 11) is 1.52. The smallest absolute Gasteiger partial charge is 0.269 e. The van der Waals surface area contributed by atoms with Gasteiger partial charge in [0.25, 0.3) is 23.6 Å². The maximum absolute atomic E-state index is 13.4. The second-order valence-electron chi connectivity index (χ2n) is 8.75. The van der Waals surface area contributed by atoms with Crippen molar-refractivity contribution in [3.63, 3.8) is 0 Å². The fourth-order valence-electron chi connectivity index (χ4n) is 3.89. The van der Waals surface area contributed by atoms with Crippen molar-refractivity contribution in [1.82, 2.24) is 16.2 Å². The minimum atomic E-state index is -1.04. The molecule has 4 rings (SSSR count). The Bertz CT molecular complexity index is 1470. The van der Waals surface area contributed by atoms with Gasteiger partial charge in [0.2, 0.25) is 0 Å². The Morgan fingerprint density at radius 2 is 1.25 bits per heavy atom. The standard InChI is InChI=1S/C31H28N4O5/c1-40-24-18-16-23(17-19-24)29(37)34-35-31(39)27(20-21-10-4-2-5-11-21)33-30(38)25-14-8-9-15-26(25)32-28(36)22-12-6-3-7-13-22/h2-19,27H,20H2,1H3,(H,32,36)(H,33,38)(H,34,37)(H,35,39)/t27-/m1/s1. The van der Waals surface area contributed by atoms with E-state index in [9.17, 15) is 19.2 Å². The summed E-state index contributed by atoms with van der Waals surface area (Å²) < 4.78 is 5.10. The van der Waals surface area contributed by atoms with E-state index in [1.54, 1.807) is 78.9 Å². The second-order valence-corrected chi connectivity index (χ2v) is 8.75. The normalized spacial score (nSPS) is 11.0. The number of anilines is 1. The first kappa shape index (κ1) is 27.6. The summed E-state index contributed by atoms with van der Waals surface area (Å²) in [4.78, 5) is 51.8. The van der Waals surface area contributed by atoms with Gasteiger partial charge in [0.1, 0.15) is 11.8 Å². The van der Waals surface area contributed by atoms with Crippen LogP contribution in [-0.2, 0) is 11.2 Å². The van der Waals surface area contributed by atoms with Gasteiger partial charge in [-0.3, -0.25) is 30.0 Å². The van der Waals surface area contributed by atoms with Crippen molar-refractivity contribution in [1.29, 1.82) is 0 Å². The molecule has 4 N–H and O–H groups in total. The molecule has 0 radical (unpaired) electrons. The summed E-state index contributed by atoms with van der Waals surface area (Å²) in [5.74, 6) is -1.51. The molecule has 0 heterocycles. The number of rotatable bonds is 9. The number of benzene rings is 4. The van der Waals surface area contributed by atoms with Crippen molar-refractivity contribution in [2.75, 3.05) is 12.4 Å². The largest absolute Gasteiger partial charge is 0.497 e. The number of ether oxygens (including phenoxy) is 1. The molecule has 9 nitrogen and oxygen atoms in total. The van der Waals surface area contributed by atoms with Crippen LogP contribution in [0.2, 0.25) is 0 Å². The highest BCUT2D eigenvalue weighted by atomic mass is 16.5. The van der Waals surface area contributed by atoms with E-state index in [0.717, 1.165) is 5.56 Å². The van der Waals surface area contributed by atoms with Crippen LogP contribution in [0.1, 0.15) is 36.6 Å². The van der Waals surface area contributed by atoms with E-state index in [2.05, 4.69) is 21.5 Å². The molecule has 0 aromatic heterocycles. The van der Waals surface area contributed by atoms with Crippen LogP contribution in [0, 0.1) is 0 Å². The van der Waals surface area contributed by atoms with Crippen LogP contribution < -0.4 is 26.2 Å². The molecular weight excluding hydrogens is 508 g/mol. The SMILES string of the molecule is COc1ccc(C(=O)NNC(=O)[C@@H](Cc2ccccc2)NC(=O)c2ccccc2NC(=O)c2ccccc2)cc1. The highest BCUT2D eigenvalue weighted by molar-refractivity contribution is 6.09. The number of para-hydroxylation sites is 1. The Balaban J connectivity index is 1.48. The first-order valence-electron chi connectivity index (χ1n) is 12.5. The van der Waals surface area contributed by atoms with E-state index in [-0.39, 0.29) is 17.9 Å². The van der Waals surface area contributed by atoms with Gasteiger partial charge in [-0.2, -0.15) is 0 Å². The molecular formula is C31H28N4O5. The van der Waals surface area contributed by atoms with Gasteiger partial charge >= 0.3 is 0 Å². The van der Waals surface area contributed by atoms with E-state index < -0.39 is 23.8 Å². The Kier molecular flexibility index (Phi) is 9.23. The van der Waals surface area contributed by atoms with Gasteiger partial charge in [-0.15, -0.1) is 0 Å². The fraction of sp³-hybridized carbons (Fsp3) is 0.0968. The molecule has 0 fully saturated rings. The number of hydrogen-bond acceptors (Lipinski definition) is 5. The van der Waals surface area contributed by atoms with Crippen LogP contribution in [0.3, 0.4) is 0 Å². The zero-order valence-electron chi connectivity index (χ0n) is 21.7. The second kappa shape index (κ2) is 13.4. The van der Waals surface area contributed by atoms with Gasteiger partial charge in [0.15, 0.2) is 0 Å². The van der Waals surface area contributed by atoms with E-state index >= 15 is 0 Å².